The Morgan fingerprint density at radius 1 is 1.38 bits per heavy atom. The van der Waals surface area contributed by atoms with Crippen molar-refractivity contribution in [2.24, 2.45) is 5.41 Å². The molecule has 1 fully saturated rings. The standard InChI is InChI=1S/C17H26N2O2/c1-3-21-12-15-8-5-4-7-14(15)11-19-16(20)17(2)9-6-10-18-13-17/h4-5,7-8,18H,3,6,9-13H2,1-2H3,(H,19,20). The molecule has 1 aromatic carbocycles. The molecule has 2 rings (SSSR count). The van der Waals surface area contributed by atoms with Crippen LogP contribution in [0.2, 0.25) is 0 Å². The monoisotopic (exact) mass is 290 g/mol. The van der Waals surface area contributed by atoms with E-state index in [1.807, 2.05) is 26.0 Å². The molecule has 1 heterocycles. The Bertz CT molecular complexity index is 468. The van der Waals surface area contributed by atoms with Crippen molar-refractivity contribution in [2.45, 2.75) is 39.8 Å². The zero-order valence-corrected chi connectivity index (χ0v) is 13.1. The second-order valence-corrected chi connectivity index (χ2v) is 5.93. The molecule has 0 saturated carbocycles. The molecule has 4 nitrogen and oxygen atoms in total. The van der Waals surface area contributed by atoms with Crippen molar-refractivity contribution in [3.8, 4) is 0 Å². The van der Waals surface area contributed by atoms with Gasteiger partial charge in [0.1, 0.15) is 0 Å². The van der Waals surface area contributed by atoms with Crippen molar-refractivity contribution >= 4 is 5.91 Å². The van der Waals surface area contributed by atoms with Gasteiger partial charge in [-0.2, -0.15) is 0 Å². The molecule has 1 atom stereocenters. The van der Waals surface area contributed by atoms with Crippen molar-refractivity contribution < 1.29 is 9.53 Å². The average molecular weight is 290 g/mol. The molecule has 0 aliphatic carbocycles. The molecule has 4 heteroatoms. The van der Waals surface area contributed by atoms with Crippen LogP contribution < -0.4 is 10.6 Å². The predicted octanol–water partition coefficient (Wildman–Crippen LogP) is 2.23. The molecule has 116 valence electrons. The second-order valence-electron chi connectivity index (χ2n) is 5.93. The molecule has 0 bridgehead atoms. The van der Waals surface area contributed by atoms with Crippen molar-refractivity contribution in [2.75, 3.05) is 19.7 Å². The summed E-state index contributed by atoms with van der Waals surface area (Å²) in [5.74, 6) is 0.140. The molecule has 1 unspecified atom stereocenters. The maximum atomic E-state index is 12.4. The number of ether oxygens (including phenoxy) is 1. The van der Waals surface area contributed by atoms with Crippen LogP contribution in [-0.2, 0) is 22.7 Å². The van der Waals surface area contributed by atoms with E-state index >= 15 is 0 Å². The number of carbonyl (C=O) groups is 1. The fourth-order valence-electron chi connectivity index (χ4n) is 2.72. The first-order chi connectivity index (χ1) is 10.2. The third-order valence-electron chi connectivity index (χ3n) is 4.16. The highest BCUT2D eigenvalue weighted by atomic mass is 16.5. The van der Waals surface area contributed by atoms with E-state index < -0.39 is 0 Å². The van der Waals surface area contributed by atoms with Gasteiger partial charge < -0.3 is 15.4 Å². The number of nitrogens with one attached hydrogen (secondary N) is 2. The maximum Gasteiger partial charge on any atom is 0.227 e. The summed E-state index contributed by atoms with van der Waals surface area (Å²) in [7, 11) is 0. The predicted molar refractivity (Wildman–Crippen MR) is 83.8 cm³/mol. The molecule has 1 aliphatic heterocycles. The van der Waals surface area contributed by atoms with E-state index in [-0.39, 0.29) is 11.3 Å². The summed E-state index contributed by atoms with van der Waals surface area (Å²) in [6.07, 6.45) is 2.01. The Labute approximate surface area is 127 Å². The van der Waals surface area contributed by atoms with Gasteiger partial charge in [-0.1, -0.05) is 24.3 Å². The number of amides is 1. The van der Waals surface area contributed by atoms with Crippen LogP contribution in [0.25, 0.3) is 0 Å². The van der Waals surface area contributed by atoms with Gasteiger partial charge in [0.05, 0.1) is 12.0 Å². The minimum Gasteiger partial charge on any atom is -0.377 e. The van der Waals surface area contributed by atoms with E-state index in [0.29, 0.717) is 19.8 Å². The molecule has 1 aromatic rings. The SMILES string of the molecule is CCOCc1ccccc1CNC(=O)C1(C)CCCNC1. The molecule has 0 aromatic heterocycles. The van der Waals surface area contributed by atoms with Crippen LogP contribution in [-0.4, -0.2) is 25.6 Å². The summed E-state index contributed by atoms with van der Waals surface area (Å²) in [5.41, 5.74) is 1.99. The van der Waals surface area contributed by atoms with Gasteiger partial charge in [0.25, 0.3) is 0 Å². The van der Waals surface area contributed by atoms with Crippen LogP contribution in [0, 0.1) is 5.41 Å². The van der Waals surface area contributed by atoms with Gasteiger partial charge in [0, 0.05) is 19.7 Å². The van der Waals surface area contributed by atoms with Crippen LogP contribution in [0.3, 0.4) is 0 Å². The Kier molecular flexibility index (Phi) is 5.76. The molecule has 0 radical (unpaired) electrons. The summed E-state index contributed by atoms with van der Waals surface area (Å²) in [5, 5.41) is 6.40. The lowest BCUT2D eigenvalue weighted by Gasteiger charge is -2.32. The summed E-state index contributed by atoms with van der Waals surface area (Å²) < 4.78 is 5.48. The van der Waals surface area contributed by atoms with E-state index in [1.165, 1.54) is 0 Å². The Hall–Kier alpha value is -1.39. The summed E-state index contributed by atoms with van der Waals surface area (Å²) in [6.45, 7) is 7.67. The number of hydrogen-bond acceptors (Lipinski definition) is 3. The molecule has 1 aliphatic rings. The summed E-state index contributed by atoms with van der Waals surface area (Å²) in [4.78, 5) is 12.4. The van der Waals surface area contributed by atoms with E-state index in [1.54, 1.807) is 0 Å². The topological polar surface area (TPSA) is 50.4 Å². The minimum absolute atomic E-state index is 0.140. The summed E-state index contributed by atoms with van der Waals surface area (Å²) >= 11 is 0. The highest BCUT2D eigenvalue weighted by Crippen LogP contribution is 2.25. The number of hydrogen-bond donors (Lipinski definition) is 2. The van der Waals surface area contributed by atoms with E-state index in [2.05, 4.69) is 22.8 Å². The average Bonchev–Trinajstić information content (AvgIpc) is 2.52. The van der Waals surface area contributed by atoms with Crippen LogP contribution in [0.1, 0.15) is 37.8 Å². The normalized spacial score (nSPS) is 22.0. The van der Waals surface area contributed by atoms with Gasteiger partial charge in [-0.25, -0.2) is 0 Å². The van der Waals surface area contributed by atoms with Crippen LogP contribution in [0.4, 0.5) is 0 Å². The number of carbonyl (C=O) groups excluding carboxylic acids is 1. The van der Waals surface area contributed by atoms with Crippen molar-refractivity contribution in [3.63, 3.8) is 0 Å². The molecular formula is C17H26N2O2. The lowest BCUT2D eigenvalue weighted by atomic mass is 9.82. The first-order valence-corrected chi connectivity index (χ1v) is 7.79. The van der Waals surface area contributed by atoms with Gasteiger partial charge in [-0.3, -0.25) is 4.79 Å². The van der Waals surface area contributed by atoms with Gasteiger partial charge >= 0.3 is 0 Å². The van der Waals surface area contributed by atoms with Crippen LogP contribution >= 0.6 is 0 Å². The number of piperidine rings is 1. The molecule has 0 spiro atoms. The highest BCUT2D eigenvalue weighted by molar-refractivity contribution is 5.82. The zero-order valence-electron chi connectivity index (χ0n) is 13.1. The maximum absolute atomic E-state index is 12.4. The van der Waals surface area contributed by atoms with Crippen molar-refractivity contribution in [1.82, 2.24) is 10.6 Å². The highest BCUT2D eigenvalue weighted by Gasteiger charge is 2.34. The Balaban J connectivity index is 1.94. The van der Waals surface area contributed by atoms with E-state index in [4.69, 9.17) is 4.74 Å². The third-order valence-corrected chi connectivity index (χ3v) is 4.16. The molecule has 21 heavy (non-hydrogen) atoms. The number of rotatable bonds is 6. The van der Waals surface area contributed by atoms with E-state index in [9.17, 15) is 4.79 Å². The third kappa shape index (κ3) is 4.29. The second kappa shape index (κ2) is 7.57. The lowest BCUT2D eigenvalue weighted by Crippen LogP contribution is -2.48. The largest absolute Gasteiger partial charge is 0.377 e. The van der Waals surface area contributed by atoms with Crippen LogP contribution in [0.15, 0.2) is 24.3 Å². The van der Waals surface area contributed by atoms with Crippen molar-refractivity contribution in [3.05, 3.63) is 35.4 Å². The molecule has 2 N–H and O–H groups in total. The van der Waals surface area contributed by atoms with Crippen LogP contribution in [0.5, 0.6) is 0 Å². The number of benzene rings is 1. The Morgan fingerprint density at radius 2 is 2.14 bits per heavy atom. The Morgan fingerprint density at radius 3 is 2.81 bits per heavy atom. The fourth-order valence-corrected chi connectivity index (χ4v) is 2.72. The van der Waals surface area contributed by atoms with E-state index in [0.717, 1.165) is 37.1 Å². The lowest BCUT2D eigenvalue weighted by molar-refractivity contribution is -0.131. The van der Waals surface area contributed by atoms with Gasteiger partial charge in [0.15, 0.2) is 0 Å². The molecule has 1 amide bonds. The zero-order chi connectivity index (χ0) is 15.1. The first-order valence-electron chi connectivity index (χ1n) is 7.79. The van der Waals surface area contributed by atoms with Crippen molar-refractivity contribution in [1.29, 1.82) is 0 Å². The first kappa shape index (κ1) is 16.0. The fraction of sp³-hybridized carbons (Fsp3) is 0.588. The van der Waals surface area contributed by atoms with Gasteiger partial charge in [0.2, 0.25) is 5.91 Å². The van der Waals surface area contributed by atoms with Gasteiger partial charge in [-0.05, 0) is 44.4 Å². The molecule has 1 saturated heterocycles. The summed E-state index contributed by atoms with van der Waals surface area (Å²) in [6, 6.07) is 8.12. The minimum atomic E-state index is -0.285. The smallest absolute Gasteiger partial charge is 0.227 e. The molecular weight excluding hydrogens is 264 g/mol. The quantitative estimate of drug-likeness (QED) is 0.844. The van der Waals surface area contributed by atoms with Gasteiger partial charge in [-0.15, -0.1) is 0 Å².